The second-order valence-electron chi connectivity index (χ2n) is 28.1. The quantitative estimate of drug-likeness (QED) is 0.0211. The van der Waals surface area contributed by atoms with Crippen LogP contribution in [0, 0.1) is 0 Å². The minimum absolute atomic E-state index is 0.0315. The molecule has 0 fully saturated rings. The first kappa shape index (κ1) is 90.9. The van der Waals surface area contributed by atoms with E-state index >= 15 is 0 Å². The molecule has 546 valence electrons. The van der Waals surface area contributed by atoms with Crippen molar-refractivity contribution in [2.45, 2.75) is 380 Å². The summed E-state index contributed by atoms with van der Waals surface area (Å²) in [5.74, 6) is -0.781. The van der Waals surface area contributed by atoms with Crippen molar-refractivity contribution >= 4 is 19.8 Å². The number of carbonyl (C=O) groups is 2. The van der Waals surface area contributed by atoms with E-state index in [4.69, 9.17) is 18.5 Å². The normalized spacial score (nSPS) is 13.6. The van der Waals surface area contributed by atoms with Crippen molar-refractivity contribution in [1.82, 2.24) is 0 Å². The second-order valence-corrected chi connectivity index (χ2v) is 29.5. The van der Waals surface area contributed by atoms with Gasteiger partial charge in [0, 0.05) is 12.8 Å². The summed E-state index contributed by atoms with van der Waals surface area (Å²) in [6.45, 7) is 4.37. The van der Waals surface area contributed by atoms with Gasteiger partial charge < -0.3 is 18.9 Å². The SMILES string of the molecule is CC/C=C\C/C=C\C/C=C\C/C=C\C/C=C\C/C=C\C/C=C\CCCCCCCCCCCCCCCCCCCC(=O)OC(COC(=O)CCCCCCCCCCCCCCCCCCCCC/C=C\CCCCCCCCCC)COP(=O)(O)OCC[N+](C)(C)C. The van der Waals surface area contributed by atoms with Crippen molar-refractivity contribution in [2.75, 3.05) is 47.5 Å². The summed E-state index contributed by atoms with van der Waals surface area (Å²) in [6, 6.07) is 0. The van der Waals surface area contributed by atoms with Gasteiger partial charge in [-0.3, -0.25) is 18.6 Å². The number of allylic oxidation sites excluding steroid dienone is 16. The molecule has 0 aliphatic carbocycles. The molecule has 2 atom stereocenters. The number of esters is 2. The number of carbonyl (C=O) groups excluding carboxylic acids is 2. The molecule has 0 aliphatic rings. The van der Waals surface area contributed by atoms with E-state index in [9.17, 15) is 19.0 Å². The Labute approximate surface area is 583 Å². The maximum atomic E-state index is 12.9. The number of nitrogens with zero attached hydrogens (tertiary/aromatic N) is 1. The maximum Gasteiger partial charge on any atom is 0.472 e. The van der Waals surface area contributed by atoms with Crippen LogP contribution >= 0.6 is 7.82 Å². The third kappa shape index (κ3) is 77.9. The van der Waals surface area contributed by atoms with E-state index in [1.54, 1.807) is 0 Å². The lowest BCUT2D eigenvalue weighted by Crippen LogP contribution is -2.37. The van der Waals surface area contributed by atoms with Crippen LogP contribution < -0.4 is 0 Å². The number of rotatable bonds is 74. The van der Waals surface area contributed by atoms with Gasteiger partial charge in [-0.15, -0.1) is 0 Å². The predicted molar refractivity (Wildman–Crippen MR) is 408 cm³/mol. The first-order chi connectivity index (χ1) is 46.0. The molecule has 2 unspecified atom stereocenters. The fraction of sp³-hybridized carbons (Fsp3) is 0.786. The highest BCUT2D eigenvalue weighted by Crippen LogP contribution is 2.43. The van der Waals surface area contributed by atoms with Crippen LogP contribution in [0.4, 0.5) is 0 Å². The first-order valence-electron chi connectivity index (χ1n) is 40.0. The Hall–Kier alpha value is -3.07. The molecule has 0 bridgehead atoms. The van der Waals surface area contributed by atoms with Crippen LogP contribution in [0.25, 0.3) is 0 Å². The summed E-state index contributed by atoms with van der Waals surface area (Å²) in [4.78, 5) is 36.0. The van der Waals surface area contributed by atoms with Gasteiger partial charge in [-0.2, -0.15) is 0 Å². The highest BCUT2D eigenvalue weighted by molar-refractivity contribution is 7.47. The Bertz CT molecular complexity index is 1910. The molecule has 9 nitrogen and oxygen atoms in total. The fourth-order valence-corrected chi connectivity index (χ4v) is 12.3. The molecule has 0 saturated heterocycles. The zero-order valence-electron chi connectivity index (χ0n) is 62.4. The first-order valence-corrected chi connectivity index (χ1v) is 41.5. The summed E-state index contributed by atoms with van der Waals surface area (Å²) >= 11 is 0. The Balaban J connectivity index is 3.95. The van der Waals surface area contributed by atoms with Crippen molar-refractivity contribution in [3.05, 3.63) is 97.2 Å². The second kappa shape index (κ2) is 74.2. The van der Waals surface area contributed by atoms with Crippen LogP contribution in [0.1, 0.15) is 373 Å². The van der Waals surface area contributed by atoms with Crippen molar-refractivity contribution < 1.29 is 42.1 Å². The monoisotopic (exact) mass is 1340 g/mol. The molecule has 0 saturated carbocycles. The van der Waals surface area contributed by atoms with Gasteiger partial charge in [-0.05, 0) is 96.3 Å². The van der Waals surface area contributed by atoms with E-state index in [0.29, 0.717) is 23.9 Å². The molecule has 0 aliphatic heterocycles. The van der Waals surface area contributed by atoms with E-state index < -0.39 is 26.5 Å². The molecule has 0 amide bonds. The zero-order valence-corrected chi connectivity index (χ0v) is 63.3. The molecule has 0 aromatic rings. The molecule has 0 spiro atoms. The molecule has 0 aromatic heterocycles. The van der Waals surface area contributed by atoms with Crippen LogP contribution in [-0.2, 0) is 32.7 Å². The zero-order chi connectivity index (χ0) is 68.3. The molecular formula is C84H153NO8P+. The lowest BCUT2D eigenvalue weighted by molar-refractivity contribution is -0.870. The summed E-state index contributed by atoms with van der Waals surface area (Å²) in [5.41, 5.74) is 0. The van der Waals surface area contributed by atoms with E-state index in [1.165, 1.54) is 263 Å². The number of quaternary nitrogens is 1. The standard InChI is InChI=1S/C84H152NO8P/c1-6-8-10-12-14-16-18-20-22-24-26-28-30-32-34-36-38-39-40-41-42-43-44-45-47-49-51-53-55-57-59-61-63-65-67-69-71-73-75-77-84(87)93-82(81-92-94(88,89)91-79-78-85(3,4)5)80-90-83(86)76-74-72-70-68-66-64-62-60-58-56-54-52-50-48-46-37-35-33-31-29-27-25-23-21-19-17-15-13-11-9-7-2/h8,10,14,16,20,22,25-28,32,34,38-39,41-42,82H,6-7,9,11-13,15,17-19,21,23-24,29-31,33,35-37,40,43-81H2,1-5H3/p+1/b10-8-,16-14-,22-20-,27-25-,28-26-,34-32-,39-38-,42-41-. The molecule has 0 radical (unpaired) electrons. The molecule has 10 heteroatoms. The third-order valence-corrected chi connectivity index (χ3v) is 18.6. The van der Waals surface area contributed by atoms with Crippen LogP contribution in [0.5, 0.6) is 0 Å². The van der Waals surface area contributed by atoms with Crippen molar-refractivity contribution in [1.29, 1.82) is 0 Å². The summed E-state index contributed by atoms with van der Waals surface area (Å²) < 4.78 is 34.8. The minimum Gasteiger partial charge on any atom is -0.462 e. The van der Waals surface area contributed by atoms with Gasteiger partial charge in [-0.25, -0.2) is 4.57 Å². The van der Waals surface area contributed by atoms with Gasteiger partial charge in [0.05, 0.1) is 27.7 Å². The van der Waals surface area contributed by atoms with E-state index in [0.717, 1.165) is 77.0 Å². The van der Waals surface area contributed by atoms with Crippen LogP contribution in [0.3, 0.4) is 0 Å². The summed E-state index contributed by atoms with van der Waals surface area (Å²) in [5, 5.41) is 0. The number of hydrogen-bond acceptors (Lipinski definition) is 7. The number of phosphoric acid groups is 1. The van der Waals surface area contributed by atoms with Crippen LogP contribution in [0.2, 0.25) is 0 Å². The topological polar surface area (TPSA) is 108 Å². The highest BCUT2D eigenvalue weighted by Gasteiger charge is 2.27. The lowest BCUT2D eigenvalue weighted by Gasteiger charge is -2.24. The summed E-state index contributed by atoms with van der Waals surface area (Å²) in [7, 11) is 1.49. The number of hydrogen-bond donors (Lipinski definition) is 1. The maximum absolute atomic E-state index is 12.9. The number of unbranched alkanes of at least 4 members (excludes halogenated alkanes) is 44. The smallest absolute Gasteiger partial charge is 0.462 e. The van der Waals surface area contributed by atoms with E-state index in [2.05, 4.69) is 111 Å². The molecular weight excluding hydrogens is 1180 g/mol. The van der Waals surface area contributed by atoms with Gasteiger partial charge in [0.25, 0.3) is 0 Å². The Morgan fingerprint density at radius 1 is 0.340 bits per heavy atom. The third-order valence-electron chi connectivity index (χ3n) is 17.6. The molecule has 1 N–H and O–H groups in total. The van der Waals surface area contributed by atoms with Crippen LogP contribution in [0.15, 0.2) is 97.2 Å². The van der Waals surface area contributed by atoms with Crippen molar-refractivity contribution in [3.63, 3.8) is 0 Å². The Morgan fingerprint density at radius 3 is 0.915 bits per heavy atom. The van der Waals surface area contributed by atoms with Gasteiger partial charge in [0.1, 0.15) is 19.8 Å². The van der Waals surface area contributed by atoms with Gasteiger partial charge in [-0.1, -0.05) is 361 Å². The number of likely N-dealkylation sites (N-methyl/N-ethyl adjacent to an activating group) is 1. The molecule has 94 heavy (non-hydrogen) atoms. The Morgan fingerprint density at radius 2 is 0.606 bits per heavy atom. The van der Waals surface area contributed by atoms with E-state index in [-0.39, 0.29) is 25.6 Å². The Kier molecular flexibility index (Phi) is 71.7. The van der Waals surface area contributed by atoms with Gasteiger partial charge >= 0.3 is 19.8 Å². The van der Waals surface area contributed by atoms with Crippen molar-refractivity contribution in [2.24, 2.45) is 0 Å². The van der Waals surface area contributed by atoms with Gasteiger partial charge in [0.15, 0.2) is 6.10 Å². The largest absolute Gasteiger partial charge is 0.472 e. The number of phosphoric ester groups is 1. The minimum atomic E-state index is -4.40. The average Bonchev–Trinajstić information content (AvgIpc) is 1.56. The molecule has 0 aromatic carbocycles. The highest BCUT2D eigenvalue weighted by atomic mass is 31.2. The molecule has 0 heterocycles. The summed E-state index contributed by atoms with van der Waals surface area (Å²) in [6.07, 6.45) is 104. The number of ether oxygens (including phenoxy) is 2. The average molecular weight is 1340 g/mol. The van der Waals surface area contributed by atoms with Crippen LogP contribution in [-0.4, -0.2) is 74.9 Å². The molecule has 0 rings (SSSR count). The predicted octanol–water partition coefficient (Wildman–Crippen LogP) is 26.6. The lowest BCUT2D eigenvalue weighted by atomic mass is 10.0. The van der Waals surface area contributed by atoms with E-state index in [1.807, 2.05) is 21.1 Å². The van der Waals surface area contributed by atoms with Crippen molar-refractivity contribution in [3.8, 4) is 0 Å². The van der Waals surface area contributed by atoms with Gasteiger partial charge in [0.2, 0.25) is 0 Å². The fourth-order valence-electron chi connectivity index (χ4n) is 11.5.